The molecule has 0 atom stereocenters. The van der Waals surface area contributed by atoms with E-state index in [9.17, 15) is 19.7 Å². The summed E-state index contributed by atoms with van der Waals surface area (Å²) in [5, 5.41) is 13.4. The number of rotatable bonds is 5. The third kappa shape index (κ3) is 3.90. The minimum atomic E-state index is -0.949. The normalized spacial score (nSPS) is 10.2. The van der Waals surface area contributed by atoms with E-state index in [0.29, 0.717) is 5.69 Å². The second kappa shape index (κ2) is 6.69. The lowest BCUT2D eigenvalue weighted by molar-refractivity contribution is -0.387. The quantitative estimate of drug-likeness (QED) is 0.632. The van der Waals surface area contributed by atoms with Crippen LogP contribution in [-0.4, -0.2) is 27.4 Å². The summed E-state index contributed by atoms with van der Waals surface area (Å²) in [6.45, 7) is 3.34. The first-order valence-electron chi connectivity index (χ1n) is 6.60. The Kier molecular flexibility index (Phi) is 4.69. The molecule has 9 nitrogen and oxygen atoms in total. The molecule has 2 aromatic rings. The maximum Gasteiger partial charge on any atom is 0.395 e. The molecule has 0 aliphatic carbocycles. The van der Waals surface area contributed by atoms with Crippen LogP contribution in [0.2, 0.25) is 0 Å². The van der Waals surface area contributed by atoms with E-state index in [1.807, 2.05) is 19.9 Å². The Hall–Kier alpha value is -3.23. The molecule has 0 aliphatic heterocycles. The molecule has 1 amide bonds. The molecular weight excluding hydrogens is 304 g/mol. The molecule has 1 heterocycles. The van der Waals surface area contributed by atoms with Crippen molar-refractivity contribution in [3.8, 4) is 5.88 Å². The molecule has 120 valence electrons. The Labute approximate surface area is 130 Å². The van der Waals surface area contributed by atoms with Crippen molar-refractivity contribution in [1.29, 1.82) is 0 Å². The van der Waals surface area contributed by atoms with E-state index in [4.69, 9.17) is 4.74 Å². The number of ether oxygens (including phenoxy) is 1. The van der Waals surface area contributed by atoms with Gasteiger partial charge in [0.25, 0.3) is 5.91 Å². The van der Waals surface area contributed by atoms with Crippen molar-refractivity contribution < 1.29 is 14.5 Å². The molecule has 9 heteroatoms. The van der Waals surface area contributed by atoms with Gasteiger partial charge in [-0.25, -0.2) is 0 Å². The van der Waals surface area contributed by atoms with Gasteiger partial charge in [-0.2, -0.15) is 4.98 Å². The number of H-pyrrole nitrogens is 1. The molecule has 23 heavy (non-hydrogen) atoms. The van der Waals surface area contributed by atoms with Gasteiger partial charge < -0.3 is 15.0 Å². The molecule has 0 aliphatic rings. The maximum atomic E-state index is 11.8. The number of anilines is 1. The van der Waals surface area contributed by atoms with Crippen molar-refractivity contribution >= 4 is 17.3 Å². The summed E-state index contributed by atoms with van der Waals surface area (Å²) < 4.78 is 4.98. The predicted molar refractivity (Wildman–Crippen MR) is 81.6 cm³/mol. The fourth-order valence-electron chi connectivity index (χ4n) is 1.79. The third-order valence-electron chi connectivity index (χ3n) is 3.11. The van der Waals surface area contributed by atoms with Crippen LogP contribution in [0.5, 0.6) is 5.88 Å². The topological polar surface area (TPSA) is 127 Å². The lowest BCUT2D eigenvalue weighted by atomic mass is 10.1. The molecule has 0 spiro atoms. The fraction of sp³-hybridized carbons (Fsp3) is 0.214. The number of nitrogens with zero attached hydrogens (tertiary/aromatic N) is 2. The van der Waals surface area contributed by atoms with Crippen molar-refractivity contribution in [3.63, 3.8) is 0 Å². The highest BCUT2D eigenvalue weighted by Gasteiger charge is 2.22. The Bertz CT molecular complexity index is 815. The van der Waals surface area contributed by atoms with Gasteiger partial charge >= 0.3 is 17.1 Å². The van der Waals surface area contributed by atoms with E-state index in [-0.39, 0.29) is 0 Å². The van der Waals surface area contributed by atoms with E-state index < -0.39 is 34.6 Å². The summed E-state index contributed by atoms with van der Waals surface area (Å²) in [4.78, 5) is 38.7. The van der Waals surface area contributed by atoms with E-state index in [0.717, 1.165) is 17.5 Å². The number of aromatic amines is 1. The van der Waals surface area contributed by atoms with Crippen LogP contribution in [0.15, 0.2) is 29.3 Å². The smallest absolute Gasteiger partial charge is 0.395 e. The Balaban J connectivity index is 2.05. The molecule has 0 unspecified atom stereocenters. The van der Waals surface area contributed by atoms with Gasteiger partial charge in [0.2, 0.25) is 0 Å². The number of carbonyl (C=O) groups excluding carboxylic acids is 1. The molecule has 0 saturated carbocycles. The molecule has 0 fully saturated rings. The van der Waals surface area contributed by atoms with Crippen LogP contribution < -0.4 is 15.6 Å². The Morgan fingerprint density at radius 3 is 2.78 bits per heavy atom. The predicted octanol–water partition coefficient (Wildman–Crippen LogP) is 1.31. The zero-order valence-corrected chi connectivity index (χ0v) is 12.5. The van der Waals surface area contributed by atoms with E-state index in [1.54, 1.807) is 12.1 Å². The van der Waals surface area contributed by atoms with Gasteiger partial charge in [-0.15, -0.1) is 0 Å². The Morgan fingerprint density at radius 2 is 2.13 bits per heavy atom. The highest BCUT2D eigenvalue weighted by atomic mass is 16.6. The monoisotopic (exact) mass is 318 g/mol. The SMILES string of the molecule is Cc1ccc(NC(=O)COc2nc[nH]c(=O)c2[N+](=O)[O-])cc1C. The van der Waals surface area contributed by atoms with Crippen molar-refractivity contribution in [1.82, 2.24) is 9.97 Å². The summed E-state index contributed by atoms with van der Waals surface area (Å²) >= 11 is 0. The van der Waals surface area contributed by atoms with Crippen LogP contribution in [0.25, 0.3) is 0 Å². The van der Waals surface area contributed by atoms with Gasteiger partial charge in [0.05, 0.1) is 11.3 Å². The van der Waals surface area contributed by atoms with Gasteiger partial charge in [0.1, 0.15) is 0 Å². The minimum absolute atomic E-state index is 0.506. The molecular formula is C14H14N4O5. The van der Waals surface area contributed by atoms with Gasteiger partial charge in [-0.1, -0.05) is 6.07 Å². The fourth-order valence-corrected chi connectivity index (χ4v) is 1.79. The lowest BCUT2D eigenvalue weighted by Crippen LogP contribution is -2.22. The molecule has 0 saturated heterocycles. The first-order valence-corrected chi connectivity index (χ1v) is 6.60. The number of hydrogen-bond donors (Lipinski definition) is 2. The van der Waals surface area contributed by atoms with Crippen molar-refractivity contribution in [3.05, 3.63) is 56.1 Å². The zero-order valence-electron chi connectivity index (χ0n) is 12.5. The second-order valence-electron chi connectivity index (χ2n) is 4.78. The van der Waals surface area contributed by atoms with Crippen LogP contribution in [0.1, 0.15) is 11.1 Å². The number of aromatic nitrogens is 2. The maximum absolute atomic E-state index is 11.8. The number of aryl methyl sites for hydroxylation is 2. The van der Waals surface area contributed by atoms with Crippen LogP contribution in [0.4, 0.5) is 11.4 Å². The molecule has 2 N–H and O–H groups in total. The number of hydrogen-bond acceptors (Lipinski definition) is 6. The van der Waals surface area contributed by atoms with Crippen LogP contribution in [0.3, 0.4) is 0 Å². The summed E-state index contributed by atoms with van der Waals surface area (Å²) in [6, 6.07) is 5.38. The summed E-state index contributed by atoms with van der Waals surface area (Å²) in [5.41, 5.74) is 0.884. The summed E-state index contributed by atoms with van der Waals surface area (Å²) in [6.07, 6.45) is 0.964. The first-order chi connectivity index (χ1) is 10.9. The third-order valence-corrected chi connectivity index (χ3v) is 3.11. The number of amides is 1. The summed E-state index contributed by atoms with van der Waals surface area (Å²) in [5.74, 6) is -1.03. The highest BCUT2D eigenvalue weighted by Crippen LogP contribution is 2.18. The van der Waals surface area contributed by atoms with Crippen molar-refractivity contribution in [2.45, 2.75) is 13.8 Å². The number of nitro groups is 1. The van der Waals surface area contributed by atoms with Gasteiger partial charge in [0, 0.05) is 5.69 Å². The average molecular weight is 318 g/mol. The van der Waals surface area contributed by atoms with Crippen LogP contribution >= 0.6 is 0 Å². The van der Waals surface area contributed by atoms with E-state index >= 15 is 0 Å². The number of carbonyl (C=O) groups is 1. The van der Waals surface area contributed by atoms with E-state index in [1.165, 1.54) is 0 Å². The van der Waals surface area contributed by atoms with Crippen molar-refractivity contribution in [2.24, 2.45) is 0 Å². The minimum Gasteiger partial charge on any atom is -0.462 e. The van der Waals surface area contributed by atoms with Gasteiger partial charge in [-0.3, -0.25) is 19.7 Å². The zero-order chi connectivity index (χ0) is 17.0. The van der Waals surface area contributed by atoms with Crippen molar-refractivity contribution in [2.75, 3.05) is 11.9 Å². The lowest BCUT2D eigenvalue weighted by Gasteiger charge is -2.08. The van der Waals surface area contributed by atoms with E-state index in [2.05, 4.69) is 15.3 Å². The number of nitrogens with one attached hydrogen (secondary N) is 2. The molecule has 1 aromatic carbocycles. The Morgan fingerprint density at radius 1 is 1.39 bits per heavy atom. The largest absolute Gasteiger partial charge is 0.462 e. The van der Waals surface area contributed by atoms with Gasteiger partial charge in [-0.05, 0) is 37.1 Å². The molecule has 1 aromatic heterocycles. The molecule has 2 rings (SSSR count). The number of benzene rings is 1. The molecule has 0 radical (unpaired) electrons. The van der Waals surface area contributed by atoms with Gasteiger partial charge in [0.15, 0.2) is 6.61 Å². The van der Waals surface area contributed by atoms with Crippen LogP contribution in [0, 0.1) is 24.0 Å². The first kappa shape index (κ1) is 16.1. The van der Waals surface area contributed by atoms with Crippen LogP contribution in [-0.2, 0) is 4.79 Å². The average Bonchev–Trinajstić information content (AvgIpc) is 2.48. The molecule has 0 bridgehead atoms. The summed E-state index contributed by atoms with van der Waals surface area (Å²) in [7, 11) is 0. The standard InChI is InChI=1S/C14H14N4O5/c1-8-3-4-10(5-9(8)2)17-11(19)6-23-14-12(18(21)22)13(20)15-7-16-14/h3-5,7H,6H2,1-2H3,(H,17,19)(H,15,16,20). The second-order valence-corrected chi connectivity index (χ2v) is 4.78. The highest BCUT2D eigenvalue weighted by molar-refractivity contribution is 5.92.